The molecular weight excluding hydrogens is 313 g/mol. The molecule has 2 saturated heterocycles. The summed E-state index contributed by atoms with van der Waals surface area (Å²) in [6.45, 7) is 4.45. The number of likely N-dealkylation sites (tertiary alicyclic amines) is 1. The Morgan fingerprint density at radius 3 is 2.58 bits per heavy atom. The molecule has 1 amide bonds. The molecule has 24 heavy (non-hydrogen) atoms. The fraction of sp³-hybridized carbons (Fsp3) is 0.611. The van der Waals surface area contributed by atoms with Crippen LogP contribution in [0.4, 0.5) is 4.39 Å². The summed E-state index contributed by atoms with van der Waals surface area (Å²) in [5.41, 5.74) is -0.607. The van der Waals surface area contributed by atoms with Crippen LogP contribution >= 0.6 is 0 Å². The quantitative estimate of drug-likeness (QED) is 0.817. The lowest BCUT2D eigenvalue weighted by molar-refractivity contribution is -0.221. The first-order valence-corrected chi connectivity index (χ1v) is 8.32. The molecule has 2 aliphatic heterocycles. The predicted molar refractivity (Wildman–Crippen MR) is 86.2 cm³/mol. The van der Waals surface area contributed by atoms with E-state index in [-0.39, 0.29) is 12.5 Å². The smallest absolute Gasteiger partial charge is 0.253 e. The molecule has 5 nitrogen and oxygen atoms in total. The summed E-state index contributed by atoms with van der Waals surface area (Å²) in [6.07, 6.45) is 0.645. The summed E-state index contributed by atoms with van der Waals surface area (Å²) in [6, 6.07) is 4.34. The lowest BCUT2D eigenvalue weighted by Crippen LogP contribution is -2.59. The van der Waals surface area contributed by atoms with Gasteiger partial charge in [-0.05, 0) is 50.5 Å². The Bertz CT molecular complexity index is 618. The summed E-state index contributed by atoms with van der Waals surface area (Å²) in [5, 5.41) is 20.1. The Labute approximate surface area is 141 Å². The molecule has 0 aromatic heterocycles. The van der Waals surface area contributed by atoms with Gasteiger partial charge in [-0.15, -0.1) is 0 Å². The van der Waals surface area contributed by atoms with Gasteiger partial charge in [0.15, 0.2) is 0 Å². The molecule has 0 aliphatic carbocycles. The van der Waals surface area contributed by atoms with E-state index < -0.39 is 23.1 Å². The summed E-state index contributed by atoms with van der Waals surface area (Å²) in [4.78, 5) is 14.3. The van der Waals surface area contributed by atoms with Crippen molar-refractivity contribution in [2.45, 2.75) is 50.4 Å². The van der Waals surface area contributed by atoms with Crippen molar-refractivity contribution >= 4 is 5.91 Å². The van der Waals surface area contributed by atoms with Crippen LogP contribution in [0.15, 0.2) is 18.2 Å². The van der Waals surface area contributed by atoms with E-state index in [1.54, 1.807) is 24.8 Å². The molecule has 6 heteroatoms. The number of aliphatic hydroxyl groups is 2. The maximum Gasteiger partial charge on any atom is 0.253 e. The van der Waals surface area contributed by atoms with E-state index in [1.807, 2.05) is 0 Å². The predicted octanol–water partition coefficient (Wildman–Crippen LogP) is 1.64. The molecule has 0 unspecified atom stereocenters. The van der Waals surface area contributed by atoms with Gasteiger partial charge in [-0.1, -0.05) is 0 Å². The average molecular weight is 337 g/mol. The van der Waals surface area contributed by atoms with Crippen molar-refractivity contribution in [1.29, 1.82) is 0 Å². The van der Waals surface area contributed by atoms with E-state index >= 15 is 0 Å². The number of aliphatic hydroxyl groups excluding tert-OH is 1. The van der Waals surface area contributed by atoms with E-state index in [0.29, 0.717) is 43.5 Å². The van der Waals surface area contributed by atoms with E-state index in [4.69, 9.17) is 4.74 Å². The van der Waals surface area contributed by atoms with Crippen molar-refractivity contribution in [1.82, 2.24) is 4.90 Å². The monoisotopic (exact) mass is 337 g/mol. The molecule has 2 fully saturated rings. The van der Waals surface area contributed by atoms with Gasteiger partial charge < -0.3 is 19.8 Å². The molecular formula is C18H24FNO4. The molecule has 2 N–H and O–H groups in total. The molecule has 0 radical (unpaired) electrons. The van der Waals surface area contributed by atoms with Gasteiger partial charge in [0.25, 0.3) is 5.91 Å². The van der Waals surface area contributed by atoms with Crippen LogP contribution in [0.25, 0.3) is 0 Å². The third-order valence-electron chi connectivity index (χ3n) is 5.20. The molecule has 1 aromatic rings. The highest BCUT2D eigenvalue weighted by Gasteiger charge is 2.49. The number of aryl methyl sites for hydroxylation is 1. The number of carbonyl (C=O) groups excluding carboxylic acids is 1. The minimum atomic E-state index is -1.18. The minimum absolute atomic E-state index is 0.101. The van der Waals surface area contributed by atoms with E-state index in [1.165, 1.54) is 12.1 Å². The number of carbonyl (C=O) groups is 1. The summed E-state index contributed by atoms with van der Waals surface area (Å²) in [7, 11) is 0. The van der Waals surface area contributed by atoms with Crippen LogP contribution in [0.2, 0.25) is 0 Å². The normalized spacial score (nSPS) is 29.7. The topological polar surface area (TPSA) is 70.0 Å². The average Bonchev–Trinajstić information content (AvgIpc) is 2.50. The van der Waals surface area contributed by atoms with Crippen LogP contribution in [0, 0.1) is 12.7 Å². The molecule has 1 spiro atoms. The van der Waals surface area contributed by atoms with Gasteiger partial charge in [0.05, 0.1) is 17.8 Å². The SMILES string of the molecule is Cc1cc(F)cc(C(=O)N2CCC3(CC2)C[C@](C)(O)[C@@H](O)CO3)c1. The lowest BCUT2D eigenvalue weighted by atomic mass is 9.76. The zero-order valence-corrected chi connectivity index (χ0v) is 14.1. The molecule has 2 atom stereocenters. The zero-order chi connectivity index (χ0) is 17.5. The van der Waals surface area contributed by atoms with Gasteiger partial charge in [0, 0.05) is 25.1 Å². The number of hydrogen-bond donors (Lipinski definition) is 2. The number of amides is 1. The van der Waals surface area contributed by atoms with Crippen LogP contribution in [-0.4, -0.2) is 58.0 Å². The van der Waals surface area contributed by atoms with Crippen molar-refractivity contribution in [3.05, 3.63) is 35.1 Å². The first kappa shape index (κ1) is 17.3. The van der Waals surface area contributed by atoms with Gasteiger partial charge >= 0.3 is 0 Å². The van der Waals surface area contributed by atoms with Crippen LogP contribution in [0.1, 0.15) is 42.1 Å². The van der Waals surface area contributed by atoms with Gasteiger partial charge in [0.2, 0.25) is 0 Å². The van der Waals surface area contributed by atoms with Crippen molar-refractivity contribution in [2.75, 3.05) is 19.7 Å². The fourth-order valence-corrected chi connectivity index (χ4v) is 3.74. The van der Waals surface area contributed by atoms with Crippen LogP contribution in [0.3, 0.4) is 0 Å². The molecule has 0 saturated carbocycles. The number of nitrogens with zero attached hydrogens (tertiary/aromatic N) is 1. The molecule has 0 bridgehead atoms. The summed E-state index contributed by atoms with van der Waals surface area (Å²) in [5.74, 6) is -0.595. The Balaban J connectivity index is 1.68. The summed E-state index contributed by atoms with van der Waals surface area (Å²) < 4.78 is 19.3. The first-order valence-electron chi connectivity index (χ1n) is 8.32. The number of halogens is 1. The second-order valence-corrected chi connectivity index (χ2v) is 7.35. The zero-order valence-electron chi connectivity index (χ0n) is 14.1. The lowest BCUT2D eigenvalue weighted by Gasteiger charge is -2.49. The first-order chi connectivity index (χ1) is 11.2. The fourth-order valence-electron chi connectivity index (χ4n) is 3.74. The third-order valence-corrected chi connectivity index (χ3v) is 5.20. The molecule has 1 aromatic carbocycles. The van der Waals surface area contributed by atoms with E-state index in [2.05, 4.69) is 0 Å². The number of piperidine rings is 1. The van der Waals surface area contributed by atoms with Crippen LogP contribution < -0.4 is 0 Å². The van der Waals surface area contributed by atoms with Crippen molar-refractivity contribution in [3.63, 3.8) is 0 Å². The van der Waals surface area contributed by atoms with E-state index in [0.717, 1.165) is 0 Å². The maximum atomic E-state index is 13.5. The van der Waals surface area contributed by atoms with Crippen molar-refractivity contribution < 1.29 is 24.1 Å². The van der Waals surface area contributed by atoms with Gasteiger partial charge in [-0.25, -0.2) is 4.39 Å². The number of rotatable bonds is 1. The highest BCUT2D eigenvalue weighted by molar-refractivity contribution is 5.94. The maximum absolute atomic E-state index is 13.5. The molecule has 2 heterocycles. The highest BCUT2D eigenvalue weighted by Crippen LogP contribution is 2.39. The number of ether oxygens (including phenoxy) is 1. The third kappa shape index (κ3) is 3.31. The Hall–Kier alpha value is -1.50. The number of benzene rings is 1. The standard InChI is InChI=1S/C18H24FNO4/c1-12-7-13(9-14(19)8-12)16(22)20-5-3-18(4-6-20)11-17(2,23)15(21)10-24-18/h7-9,15,21,23H,3-6,10-11H2,1-2H3/t15-,17-/m0/s1. The Morgan fingerprint density at radius 1 is 1.33 bits per heavy atom. The number of hydrogen-bond acceptors (Lipinski definition) is 4. The van der Waals surface area contributed by atoms with Crippen LogP contribution in [-0.2, 0) is 4.74 Å². The molecule has 132 valence electrons. The Kier molecular flexibility index (Phi) is 4.40. The van der Waals surface area contributed by atoms with E-state index in [9.17, 15) is 19.4 Å². The Morgan fingerprint density at radius 2 is 2.00 bits per heavy atom. The van der Waals surface area contributed by atoms with Crippen molar-refractivity contribution in [2.24, 2.45) is 0 Å². The van der Waals surface area contributed by atoms with Gasteiger partial charge in [-0.3, -0.25) is 4.79 Å². The highest BCUT2D eigenvalue weighted by atomic mass is 19.1. The molecule has 3 rings (SSSR count). The minimum Gasteiger partial charge on any atom is -0.388 e. The van der Waals surface area contributed by atoms with Crippen LogP contribution in [0.5, 0.6) is 0 Å². The largest absolute Gasteiger partial charge is 0.388 e. The second-order valence-electron chi connectivity index (χ2n) is 7.35. The van der Waals surface area contributed by atoms with Gasteiger partial charge in [-0.2, -0.15) is 0 Å². The second kappa shape index (κ2) is 6.10. The molecule has 2 aliphatic rings. The summed E-state index contributed by atoms with van der Waals surface area (Å²) >= 11 is 0. The van der Waals surface area contributed by atoms with Gasteiger partial charge in [0.1, 0.15) is 11.9 Å². The van der Waals surface area contributed by atoms with Crippen molar-refractivity contribution in [3.8, 4) is 0 Å².